The number of nitrogens with two attached hydrogens (primary N) is 1. The van der Waals surface area contributed by atoms with E-state index in [1.807, 2.05) is 18.2 Å². The lowest BCUT2D eigenvalue weighted by molar-refractivity contribution is 0.395. The molecule has 2 rings (SSSR count). The lowest BCUT2D eigenvalue weighted by atomic mass is 9.98. The molecule has 0 spiro atoms. The predicted molar refractivity (Wildman–Crippen MR) is 75.6 cm³/mol. The monoisotopic (exact) mass is 261 g/mol. The van der Waals surface area contributed by atoms with Crippen molar-refractivity contribution in [3.05, 3.63) is 23.8 Å². The highest BCUT2D eigenvalue weighted by Gasteiger charge is 2.18. The summed E-state index contributed by atoms with van der Waals surface area (Å²) in [5, 5.41) is 7.09. The predicted octanol–water partition coefficient (Wildman–Crippen LogP) is 2.80. The zero-order valence-electron chi connectivity index (χ0n) is 11.7. The van der Waals surface area contributed by atoms with E-state index >= 15 is 0 Å². The van der Waals surface area contributed by atoms with Crippen LogP contribution in [0.4, 0.5) is 5.82 Å². The summed E-state index contributed by atoms with van der Waals surface area (Å²) in [7, 11) is 3.26. The summed E-state index contributed by atoms with van der Waals surface area (Å²) in [6.45, 7) is 4.17. The number of anilines is 1. The van der Waals surface area contributed by atoms with E-state index in [0.717, 1.165) is 28.3 Å². The van der Waals surface area contributed by atoms with E-state index < -0.39 is 0 Å². The van der Waals surface area contributed by atoms with Crippen molar-refractivity contribution in [3.63, 3.8) is 0 Å². The average Bonchev–Trinajstić information content (AvgIpc) is 2.79. The molecule has 0 aliphatic heterocycles. The van der Waals surface area contributed by atoms with Crippen LogP contribution < -0.4 is 15.2 Å². The van der Waals surface area contributed by atoms with Crippen molar-refractivity contribution in [2.75, 3.05) is 20.0 Å². The summed E-state index contributed by atoms with van der Waals surface area (Å²) in [5.41, 5.74) is 8.74. The van der Waals surface area contributed by atoms with Crippen LogP contribution in [0.5, 0.6) is 11.5 Å². The molecule has 0 aliphatic carbocycles. The number of hydrogen-bond acceptors (Lipinski definition) is 4. The van der Waals surface area contributed by atoms with Gasteiger partial charge < -0.3 is 15.2 Å². The first kappa shape index (κ1) is 13.3. The standard InChI is InChI=1S/C14H19N3O2/c1-8(2)12-13(16-17-14(12)15)10-6-5-9(18-3)7-11(10)19-4/h5-8H,1-4H3,(H3,15,16,17). The first-order chi connectivity index (χ1) is 9.08. The van der Waals surface area contributed by atoms with Gasteiger partial charge in [-0.3, -0.25) is 5.10 Å². The van der Waals surface area contributed by atoms with Gasteiger partial charge >= 0.3 is 0 Å². The lowest BCUT2D eigenvalue weighted by Crippen LogP contribution is -1.97. The summed E-state index contributed by atoms with van der Waals surface area (Å²) in [5.74, 6) is 2.28. The van der Waals surface area contributed by atoms with Gasteiger partial charge in [-0.05, 0) is 18.1 Å². The molecule has 102 valence electrons. The van der Waals surface area contributed by atoms with Gasteiger partial charge in [-0.2, -0.15) is 5.10 Å². The van der Waals surface area contributed by atoms with E-state index in [0.29, 0.717) is 5.82 Å². The van der Waals surface area contributed by atoms with Gasteiger partial charge in [-0.1, -0.05) is 13.8 Å². The van der Waals surface area contributed by atoms with E-state index in [-0.39, 0.29) is 5.92 Å². The highest BCUT2D eigenvalue weighted by atomic mass is 16.5. The van der Waals surface area contributed by atoms with Gasteiger partial charge in [0.2, 0.25) is 0 Å². The smallest absolute Gasteiger partial charge is 0.149 e. The number of nitrogens with zero attached hydrogens (tertiary/aromatic N) is 1. The summed E-state index contributed by atoms with van der Waals surface area (Å²) < 4.78 is 10.6. The molecule has 0 saturated carbocycles. The van der Waals surface area contributed by atoms with Gasteiger partial charge in [0.1, 0.15) is 17.3 Å². The van der Waals surface area contributed by atoms with Crippen molar-refractivity contribution in [2.45, 2.75) is 19.8 Å². The first-order valence-corrected chi connectivity index (χ1v) is 6.14. The van der Waals surface area contributed by atoms with Gasteiger partial charge in [0.15, 0.2) is 0 Å². The molecule has 1 aromatic heterocycles. The maximum absolute atomic E-state index is 5.92. The van der Waals surface area contributed by atoms with E-state index in [1.165, 1.54) is 0 Å². The molecule has 0 fully saturated rings. The minimum atomic E-state index is 0.278. The summed E-state index contributed by atoms with van der Waals surface area (Å²) in [6, 6.07) is 5.67. The molecular formula is C14H19N3O2. The highest BCUT2D eigenvalue weighted by molar-refractivity contribution is 5.74. The molecule has 0 radical (unpaired) electrons. The maximum atomic E-state index is 5.92. The summed E-state index contributed by atoms with van der Waals surface area (Å²) >= 11 is 0. The Bertz CT molecular complexity index is 576. The molecule has 0 aliphatic rings. The molecule has 0 unspecified atom stereocenters. The Kier molecular flexibility index (Phi) is 3.64. The molecule has 1 aromatic carbocycles. The maximum Gasteiger partial charge on any atom is 0.149 e. The minimum Gasteiger partial charge on any atom is -0.497 e. The molecule has 3 N–H and O–H groups in total. The Morgan fingerprint density at radius 3 is 2.53 bits per heavy atom. The van der Waals surface area contributed by atoms with Crippen LogP contribution in [0.1, 0.15) is 25.3 Å². The number of nitrogens with one attached hydrogen (secondary N) is 1. The van der Waals surface area contributed by atoms with Crippen molar-refractivity contribution < 1.29 is 9.47 Å². The molecule has 0 bridgehead atoms. The van der Waals surface area contributed by atoms with E-state index in [9.17, 15) is 0 Å². The number of ether oxygens (including phenoxy) is 2. The zero-order valence-corrected chi connectivity index (χ0v) is 11.7. The highest BCUT2D eigenvalue weighted by Crippen LogP contribution is 2.38. The second kappa shape index (κ2) is 5.22. The molecule has 19 heavy (non-hydrogen) atoms. The topological polar surface area (TPSA) is 73.2 Å². The van der Waals surface area contributed by atoms with Crippen molar-refractivity contribution in [1.82, 2.24) is 10.2 Å². The van der Waals surface area contributed by atoms with Gasteiger partial charge in [0, 0.05) is 17.2 Å². The number of hydrogen-bond donors (Lipinski definition) is 2. The molecule has 1 heterocycles. The third kappa shape index (κ3) is 2.36. The van der Waals surface area contributed by atoms with Crippen molar-refractivity contribution >= 4 is 5.82 Å². The molecule has 2 aromatic rings. The fourth-order valence-electron chi connectivity index (χ4n) is 2.16. The zero-order chi connectivity index (χ0) is 14.0. The van der Waals surface area contributed by atoms with E-state index in [4.69, 9.17) is 15.2 Å². The SMILES string of the molecule is COc1ccc(-c2[nH]nc(N)c2C(C)C)c(OC)c1. The fraction of sp³-hybridized carbons (Fsp3) is 0.357. The second-order valence-electron chi connectivity index (χ2n) is 4.62. The second-order valence-corrected chi connectivity index (χ2v) is 4.62. The number of rotatable bonds is 4. The number of aromatic amines is 1. The average molecular weight is 261 g/mol. The Morgan fingerprint density at radius 2 is 1.95 bits per heavy atom. The fourth-order valence-corrected chi connectivity index (χ4v) is 2.16. The Hall–Kier alpha value is -2.17. The largest absolute Gasteiger partial charge is 0.497 e. The van der Waals surface area contributed by atoms with Crippen LogP contribution in [0.15, 0.2) is 18.2 Å². The molecule has 5 heteroatoms. The number of methoxy groups -OCH3 is 2. The molecule has 0 atom stereocenters. The van der Waals surface area contributed by atoms with Gasteiger partial charge in [-0.25, -0.2) is 0 Å². The summed E-state index contributed by atoms with van der Waals surface area (Å²) in [6.07, 6.45) is 0. The third-order valence-corrected chi connectivity index (χ3v) is 3.09. The Labute approximate surface area is 112 Å². The quantitative estimate of drug-likeness (QED) is 0.887. The minimum absolute atomic E-state index is 0.278. The number of aromatic nitrogens is 2. The summed E-state index contributed by atoms with van der Waals surface area (Å²) in [4.78, 5) is 0. The van der Waals surface area contributed by atoms with Crippen molar-refractivity contribution in [2.24, 2.45) is 0 Å². The van der Waals surface area contributed by atoms with E-state index in [2.05, 4.69) is 24.0 Å². The molecular weight excluding hydrogens is 242 g/mol. The molecule has 0 saturated heterocycles. The number of nitrogen functional groups attached to an aromatic ring is 1. The van der Waals surface area contributed by atoms with Crippen LogP contribution in [-0.2, 0) is 0 Å². The molecule has 5 nitrogen and oxygen atoms in total. The van der Waals surface area contributed by atoms with Crippen LogP contribution in [-0.4, -0.2) is 24.4 Å². The van der Waals surface area contributed by atoms with Gasteiger partial charge in [0.05, 0.1) is 19.9 Å². The first-order valence-electron chi connectivity index (χ1n) is 6.14. The normalized spacial score (nSPS) is 10.8. The third-order valence-electron chi connectivity index (χ3n) is 3.09. The van der Waals surface area contributed by atoms with Gasteiger partial charge in [-0.15, -0.1) is 0 Å². The molecule has 0 amide bonds. The van der Waals surface area contributed by atoms with Crippen LogP contribution in [0, 0.1) is 0 Å². The number of benzene rings is 1. The number of H-pyrrole nitrogens is 1. The van der Waals surface area contributed by atoms with E-state index in [1.54, 1.807) is 14.2 Å². The van der Waals surface area contributed by atoms with Crippen LogP contribution >= 0.6 is 0 Å². The van der Waals surface area contributed by atoms with Crippen molar-refractivity contribution in [3.8, 4) is 22.8 Å². The van der Waals surface area contributed by atoms with Gasteiger partial charge in [0.25, 0.3) is 0 Å². The van der Waals surface area contributed by atoms with Crippen molar-refractivity contribution in [1.29, 1.82) is 0 Å². The Balaban J connectivity index is 2.59. The van der Waals surface area contributed by atoms with Crippen LogP contribution in [0.3, 0.4) is 0 Å². The Morgan fingerprint density at radius 1 is 1.21 bits per heavy atom. The lowest BCUT2D eigenvalue weighted by Gasteiger charge is -2.12. The van der Waals surface area contributed by atoms with Crippen LogP contribution in [0.25, 0.3) is 11.3 Å². The van der Waals surface area contributed by atoms with Crippen LogP contribution in [0.2, 0.25) is 0 Å².